The fraction of sp³-hybridized carbons (Fsp3) is 0.538. The first-order valence-corrected chi connectivity index (χ1v) is 7.55. The van der Waals surface area contributed by atoms with Gasteiger partial charge in [0.1, 0.15) is 5.75 Å². The fourth-order valence-corrected chi connectivity index (χ4v) is 2.92. The summed E-state index contributed by atoms with van der Waals surface area (Å²) in [7, 11) is -4.64. The van der Waals surface area contributed by atoms with Gasteiger partial charge in [0.15, 0.2) is 0 Å². The lowest BCUT2D eigenvalue weighted by Crippen LogP contribution is -2.24. The molecule has 1 aliphatic heterocycles. The van der Waals surface area contributed by atoms with E-state index >= 15 is 0 Å². The van der Waals surface area contributed by atoms with Gasteiger partial charge in [0.2, 0.25) is 0 Å². The van der Waals surface area contributed by atoms with Crippen LogP contribution in [0.2, 0.25) is 0 Å². The molecule has 1 aromatic rings. The Labute approximate surface area is 107 Å². The number of rotatable bonds is 3. The Hall–Kier alpha value is -1.10. The zero-order valence-corrected chi connectivity index (χ0v) is 11.3. The summed E-state index contributed by atoms with van der Waals surface area (Å²) in [6.07, 6.45) is 3.04. The number of ether oxygens (including phenoxy) is 1. The first-order valence-electron chi connectivity index (χ1n) is 6.17. The number of benzene rings is 1. The first kappa shape index (κ1) is 13.3. The Bertz CT molecular complexity index is 539. The van der Waals surface area contributed by atoms with Crippen LogP contribution in [-0.4, -0.2) is 14.5 Å². The van der Waals surface area contributed by atoms with E-state index in [-0.39, 0.29) is 16.9 Å². The summed E-state index contributed by atoms with van der Waals surface area (Å²) in [4.78, 5) is -0.286. The predicted molar refractivity (Wildman–Crippen MR) is 67.1 cm³/mol. The third-order valence-corrected chi connectivity index (χ3v) is 4.13. The van der Waals surface area contributed by atoms with Crippen molar-refractivity contribution in [2.45, 2.75) is 50.0 Å². The Morgan fingerprint density at radius 1 is 1.44 bits per heavy atom. The molecule has 1 heterocycles. The topological polar surface area (TPSA) is 43.4 Å². The molecule has 0 spiro atoms. The highest BCUT2D eigenvalue weighted by Gasteiger charge is 2.26. The molecule has 5 heteroatoms. The zero-order chi connectivity index (χ0) is 13.3. The molecule has 0 N–H and O–H groups in total. The molecule has 18 heavy (non-hydrogen) atoms. The van der Waals surface area contributed by atoms with E-state index in [1.807, 2.05) is 6.92 Å². The van der Waals surface area contributed by atoms with Crippen LogP contribution in [0.15, 0.2) is 23.1 Å². The molecule has 100 valence electrons. The average Bonchev–Trinajstić information content (AvgIpc) is 2.27. The lowest BCUT2D eigenvalue weighted by atomic mass is 9.90. The van der Waals surface area contributed by atoms with Crippen LogP contribution in [0.25, 0.3) is 0 Å². The van der Waals surface area contributed by atoms with Gasteiger partial charge in [0.05, 0.1) is 11.0 Å². The summed E-state index contributed by atoms with van der Waals surface area (Å²) < 4.78 is 40.5. The average molecular weight is 272 g/mol. The molecule has 2 atom stereocenters. The van der Waals surface area contributed by atoms with E-state index in [4.69, 9.17) is 4.74 Å². The maximum atomic E-state index is 12.9. The summed E-state index contributed by atoms with van der Waals surface area (Å²) >= 11 is 0. The van der Waals surface area contributed by atoms with E-state index in [0.29, 0.717) is 5.75 Å². The zero-order valence-electron chi connectivity index (χ0n) is 10.5. The Balaban J connectivity index is 2.35. The van der Waals surface area contributed by atoms with Crippen molar-refractivity contribution >= 4 is 10.2 Å². The molecular weight excluding hydrogens is 255 g/mol. The number of hydrogen-bond acceptors (Lipinski definition) is 3. The molecule has 2 unspecified atom stereocenters. The second-order valence-electron chi connectivity index (χ2n) is 4.80. The fourth-order valence-electron chi connectivity index (χ4n) is 2.42. The van der Waals surface area contributed by atoms with Crippen LogP contribution in [-0.2, 0) is 10.2 Å². The van der Waals surface area contributed by atoms with Crippen molar-refractivity contribution in [3.63, 3.8) is 0 Å². The second-order valence-corrected chi connectivity index (χ2v) is 6.15. The number of fused-ring (bicyclic) bond motifs is 1. The van der Waals surface area contributed by atoms with Crippen LogP contribution >= 0.6 is 0 Å². The highest BCUT2D eigenvalue weighted by molar-refractivity contribution is 7.86. The monoisotopic (exact) mass is 272 g/mol. The van der Waals surface area contributed by atoms with E-state index in [9.17, 15) is 12.3 Å². The third kappa shape index (κ3) is 2.66. The van der Waals surface area contributed by atoms with Crippen LogP contribution < -0.4 is 4.74 Å². The van der Waals surface area contributed by atoms with Crippen molar-refractivity contribution in [1.82, 2.24) is 0 Å². The molecule has 1 aromatic carbocycles. The lowest BCUT2D eigenvalue weighted by Gasteiger charge is -2.30. The number of hydrogen-bond donors (Lipinski definition) is 0. The van der Waals surface area contributed by atoms with Crippen LogP contribution in [0, 0.1) is 0 Å². The van der Waals surface area contributed by atoms with Gasteiger partial charge in [-0.15, -0.1) is 3.89 Å². The molecule has 1 aliphatic rings. The minimum atomic E-state index is -4.64. The summed E-state index contributed by atoms with van der Waals surface area (Å²) in [6.45, 7) is 4.11. The summed E-state index contributed by atoms with van der Waals surface area (Å²) in [6, 6.07) is 4.20. The molecule has 0 aliphatic carbocycles. The summed E-state index contributed by atoms with van der Waals surface area (Å²) in [5.74, 6) is 0.867. The molecule has 3 nitrogen and oxygen atoms in total. The first-order chi connectivity index (χ1) is 8.41. The summed E-state index contributed by atoms with van der Waals surface area (Å²) in [5.41, 5.74) is 0.779. The van der Waals surface area contributed by atoms with Gasteiger partial charge in [-0.2, -0.15) is 8.42 Å². The maximum absolute atomic E-state index is 12.9. The van der Waals surface area contributed by atoms with E-state index in [1.165, 1.54) is 12.1 Å². The molecule has 0 saturated carbocycles. The molecule has 0 radical (unpaired) electrons. The highest BCUT2D eigenvalue weighted by Crippen LogP contribution is 2.38. The van der Waals surface area contributed by atoms with Crippen molar-refractivity contribution in [2.75, 3.05) is 0 Å². The molecular formula is C13H17FO3S. The van der Waals surface area contributed by atoms with E-state index in [2.05, 4.69) is 6.92 Å². The Kier molecular flexibility index (Phi) is 3.61. The van der Waals surface area contributed by atoms with Crippen molar-refractivity contribution in [3.8, 4) is 5.75 Å². The molecule has 0 aromatic heterocycles. The van der Waals surface area contributed by atoms with E-state index < -0.39 is 10.2 Å². The molecule has 2 rings (SSSR count). The van der Waals surface area contributed by atoms with Gasteiger partial charge in [0.25, 0.3) is 0 Å². The van der Waals surface area contributed by atoms with E-state index in [1.54, 1.807) is 6.07 Å². The minimum Gasteiger partial charge on any atom is -0.490 e. The van der Waals surface area contributed by atoms with Gasteiger partial charge in [-0.1, -0.05) is 20.3 Å². The number of halogens is 1. The Morgan fingerprint density at radius 2 is 2.17 bits per heavy atom. The summed E-state index contributed by atoms with van der Waals surface area (Å²) in [5, 5.41) is 0. The van der Waals surface area contributed by atoms with Gasteiger partial charge in [-0.05, 0) is 42.5 Å². The van der Waals surface area contributed by atoms with Gasteiger partial charge >= 0.3 is 10.2 Å². The smallest absolute Gasteiger partial charge is 0.332 e. The van der Waals surface area contributed by atoms with Crippen LogP contribution in [0.4, 0.5) is 3.89 Å². The predicted octanol–water partition coefficient (Wildman–Crippen LogP) is 3.40. The van der Waals surface area contributed by atoms with Crippen LogP contribution in [0.5, 0.6) is 5.75 Å². The van der Waals surface area contributed by atoms with Crippen LogP contribution in [0.3, 0.4) is 0 Å². The van der Waals surface area contributed by atoms with Gasteiger partial charge in [-0.25, -0.2) is 0 Å². The SMILES string of the molecule is CCCC1CC(C)c2cc(S(=O)(=O)F)ccc2O1. The molecule has 0 amide bonds. The van der Waals surface area contributed by atoms with Crippen molar-refractivity contribution in [1.29, 1.82) is 0 Å². The molecule has 0 fully saturated rings. The van der Waals surface area contributed by atoms with Gasteiger partial charge in [0, 0.05) is 0 Å². The highest BCUT2D eigenvalue weighted by atomic mass is 32.3. The molecule has 0 saturated heterocycles. The van der Waals surface area contributed by atoms with Gasteiger partial charge < -0.3 is 4.74 Å². The largest absolute Gasteiger partial charge is 0.490 e. The minimum absolute atomic E-state index is 0.172. The van der Waals surface area contributed by atoms with Gasteiger partial charge in [-0.3, -0.25) is 0 Å². The maximum Gasteiger partial charge on any atom is 0.332 e. The Morgan fingerprint density at radius 3 is 2.78 bits per heavy atom. The van der Waals surface area contributed by atoms with E-state index in [0.717, 1.165) is 24.8 Å². The normalized spacial score (nSPS) is 23.3. The standard InChI is InChI=1S/C13H17FO3S/c1-3-4-10-7-9(2)12-8-11(18(14,15)16)5-6-13(12)17-10/h5-6,8-10H,3-4,7H2,1-2H3. The quantitative estimate of drug-likeness (QED) is 0.792. The van der Waals surface area contributed by atoms with Crippen molar-refractivity contribution < 1.29 is 17.0 Å². The van der Waals surface area contributed by atoms with Crippen LogP contribution in [0.1, 0.15) is 44.6 Å². The second kappa shape index (κ2) is 4.88. The van der Waals surface area contributed by atoms with Crippen molar-refractivity contribution in [3.05, 3.63) is 23.8 Å². The molecule has 0 bridgehead atoms. The third-order valence-electron chi connectivity index (χ3n) is 3.31. The van der Waals surface area contributed by atoms with Crippen molar-refractivity contribution in [2.24, 2.45) is 0 Å². The lowest BCUT2D eigenvalue weighted by molar-refractivity contribution is 0.151.